The molecule has 0 saturated carbocycles. The summed E-state index contributed by atoms with van der Waals surface area (Å²) in [5.74, 6) is 0.818. The maximum Gasteiger partial charge on any atom is 0.351 e. The first kappa shape index (κ1) is 29.2. The molecule has 1 aromatic rings. The van der Waals surface area contributed by atoms with Crippen LogP contribution in [0.1, 0.15) is 57.7 Å². The number of Topliss-reactive ketones (excluding diaryl/α,β-unsaturated/α-hetero) is 1. The second-order valence-electron chi connectivity index (χ2n) is 8.19. The normalized spacial score (nSPS) is 21.3. The maximum atomic E-state index is 12.1. The predicted molar refractivity (Wildman–Crippen MR) is 138 cm³/mol. The number of amides is 1. The minimum absolute atomic E-state index is 0.0153. The minimum Gasteiger partial charge on any atom is -0.390 e. The molecule has 5 atom stereocenters. The average Bonchev–Trinajstić information content (AvgIpc) is 3.14. The first-order valence-electron chi connectivity index (χ1n) is 11.3. The van der Waals surface area contributed by atoms with E-state index in [2.05, 4.69) is 39.0 Å². The van der Waals surface area contributed by atoms with Gasteiger partial charge in [0, 0.05) is 44.6 Å². The van der Waals surface area contributed by atoms with Crippen LogP contribution >= 0.6 is 25.4 Å². The lowest BCUT2D eigenvalue weighted by Gasteiger charge is -2.21. The summed E-state index contributed by atoms with van der Waals surface area (Å²) in [6, 6.07) is 0. The van der Waals surface area contributed by atoms with E-state index in [1.54, 1.807) is 13.1 Å². The SMILES string of the molecule is CC(=O)CCCCCNC(C)=O.O=c1nc2c(cn1C1CC(O)[C@@H](COP(P)P)O1)CCNN2. The third-order valence-corrected chi connectivity index (χ3v) is 6.58. The van der Waals surface area contributed by atoms with Crippen molar-refractivity contribution in [3.05, 3.63) is 22.2 Å². The second-order valence-corrected chi connectivity index (χ2v) is 14.0. The zero-order chi connectivity index (χ0) is 25.1. The molecule has 1 fully saturated rings. The molecule has 1 saturated heterocycles. The fourth-order valence-corrected chi connectivity index (χ4v) is 4.32. The number of aliphatic hydroxyl groups excluding tert-OH is 1. The highest BCUT2D eigenvalue weighted by molar-refractivity contribution is 8.41. The predicted octanol–water partition coefficient (Wildman–Crippen LogP) is 1.63. The minimum atomic E-state index is -0.671. The number of aromatic nitrogens is 2. The molecule has 0 spiro atoms. The van der Waals surface area contributed by atoms with E-state index < -0.39 is 31.7 Å². The van der Waals surface area contributed by atoms with E-state index in [0.29, 0.717) is 25.3 Å². The number of hydrazine groups is 1. The van der Waals surface area contributed by atoms with Gasteiger partial charge in [-0.25, -0.2) is 10.2 Å². The van der Waals surface area contributed by atoms with Crippen LogP contribution in [0, 0.1) is 0 Å². The first-order valence-corrected chi connectivity index (χ1v) is 15.8. The number of hydrogen-bond acceptors (Lipinski definition) is 9. The number of ketones is 1. The van der Waals surface area contributed by atoms with Gasteiger partial charge in [0.05, 0.1) is 20.2 Å². The summed E-state index contributed by atoms with van der Waals surface area (Å²) in [6.07, 6.45) is 4.88. The number of fused-ring (bicyclic) bond motifs is 1. The molecule has 3 heterocycles. The number of carbonyl (C=O) groups is 2. The van der Waals surface area contributed by atoms with Gasteiger partial charge in [0.2, 0.25) is 5.91 Å². The van der Waals surface area contributed by atoms with Crippen molar-refractivity contribution in [3.8, 4) is 0 Å². The molecule has 1 amide bonds. The number of unbranched alkanes of at least 4 members (excludes halogenated alkanes) is 2. The Kier molecular flexibility index (Phi) is 13.0. The topological polar surface area (TPSA) is 144 Å². The highest BCUT2D eigenvalue weighted by Crippen LogP contribution is 2.53. The summed E-state index contributed by atoms with van der Waals surface area (Å²) in [5, 5.41) is 12.8. The average molecular weight is 535 g/mol. The number of anilines is 1. The zero-order valence-electron chi connectivity index (χ0n) is 19.7. The lowest BCUT2D eigenvalue weighted by Crippen LogP contribution is -2.36. The molecule has 0 aliphatic carbocycles. The summed E-state index contributed by atoms with van der Waals surface area (Å²) in [5.41, 5.74) is 6.39. The quantitative estimate of drug-likeness (QED) is 0.260. The number of hydrogen-bond donors (Lipinski definition) is 4. The molecule has 34 heavy (non-hydrogen) atoms. The van der Waals surface area contributed by atoms with Crippen molar-refractivity contribution in [2.45, 2.75) is 70.8 Å². The van der Waals surface area contributed by atoms with Crippen LogP contribution in [-0.4, -0.2) is 58.3 Å². The van der Waals surface area contributed by atoms with Crippen LogP contribution in [0.15, 0.2) is 11.0 Å². The molecule has 3 rings (SSSR count). The molecule has 0 bridgehead atoms. The maximum absolute atomic E-state index is 12.1. The molecule has 0 radical (unpaired) electrons. The number of carbonyl (C=O) groups excluding carboxylic acids is 2. The van der Waals surface area contributed by atoms with Gasteiger partial charge in [-0.3, -0.25) is 9.36 Å². The summed E-state index contributed by atoms with van der Waals surface area (Å²) in [4.78, 5) is 37.1. The summed E-state index contributed by atoms with van der Waals surface area (Å²) < 4.78 is 12.7. The third-order valence-electron chi connectivity index (χ3n) is 5.24. The Bertz CT molecular complexity index is 854. The molecule has 4 unspecified atom stereocenters. The molecule has 2 aliphatic heterocycles. The Morgan fingerprint density at radius 2 is 2.12 bits per heavy atom. The molecule has 0 aromatic carbocycles. The molecule has 192 valence electrons. The van der Waals surface area contributed by atoms with Crippen molar-refractivity contribution in [1.82, 2.24) is 20.3 Å². The fraction of sp³-hybridized carbons (Fsp3) is 0.700. The van der Waals surface area contributed by atoms with Crippen molar-refractivity contribution in [3.63, 3.8) is 0 Å². The third kappa shape index (κ3) is 10.3. The van der Waals surface area contributed by atoms with E-state index in [-0.39, 0.29) is 11.7 Å². The van der Waals surface area contributed by atoms with Crippen LogP contribution in [0.3, 0.4) is 0 Å². The summed E-state index contributed by atoms with van der Waals surface area (Å²) >= 11 is 0. The van der Waals surface area contributed by atoms with Crippen LogP contribution in [0.25, 0.3) is 0 Å². The number of nitrogens with one attached hydrogen (secondary N) is 3. The fourth-order valence-electron chi connectivity index (χ4n) is 3.49. The lowest BCUT2D eigenvalue weighted by molar-refractivity contribution is -0.119. The van der Waals surface area contributed by atoms with E-state index in [9.17, 15) is 19.5 Å². The Balaban J connectivity index is 0.000000292. The van der Waals surface area contributed by atoms with Crippen molar-refractivity contribution in [2.24, 2.45) is 0 Å². The first-order chi connectivity index (χ1) is 16.2. The zero-order valence-corrected chi connectivity index (χ0v) is 22.9. The van der Waals surface area contributed by atoms with Crippen molar-refractivity contribution in [1.29, 1.82) is 0 Å². The largest absolute Gasteiger partial charge is 0.390 e. The van der Waals surface area contributed by atoms with Gasteiger partial charge in [0.15, 0.2) is 5.82 Å². The van der Waals surface area contributed by atoms with Gasteiger partial charge in [-0.1, -0.05) is 24.3 Å². The van der Waals surface area contributed by atoms with Crippen molar-refractivity contribution in [2.75, 3.05) is 25.1 Å². The van der Waals surface area contributed by atoms with Gasteiger partial charge in [-0.15, -0.1) is 0 Å². The Morgan fingerprint density at radius 3 is 2.79 bits per heavy atom. The van der Waals surface area contributed by atoms with E-state index >= 15 is 0 Å². The molecular formula is C20H36N5O6P3. The number of ether oxygens (including phenoxy) is 1. The summed E-state index contributed by atoms with van der Waals surface area (Å²) in [7, 11) is 4.44. The highest BCUT2D eigenvalue weighted by Gasteiger charge is 2.36. The molecule has 4 N–H and O–H groups in total. The van der Waals surface area contributed by atoms with Gasteiger partial charge in [0.1, 0.15) is 18.1 Å². The number of rotatable bonds is 10. The molecular weight excluding hydrogens is 499 g/mol. The van der Waals surface area contributed by atoms with Gasteiger partial charge in [0.25, 0.3) is 0 Å². The van der Waals surface area contributed by atoms with Crippen molar-refractivity contribution >= 4 is 42.9 Å². The summed E-state index contributed by atoms with van der Waals surface area (Å²) in [6.45, 7) is 4.91. The van der Waals surface area contributed by atoms with Crippen LogP contribution < -0.4 is 21.9 Å². The van der Waals surface area contributed by atoms with E-state index in [4.69, 9.17) is 9.26 Å². The van der Waals surface area contributed by atoms with Crippen LogP contribution in [0.5, 0.6) is 0 Å². The van der Waals surface area contributed by atoms with Gasteiger partial charge in [-0.2, -0.15) is 4.98 Å². The molecule has 11 nitrogen and oxygen atoms in total. The monoisotopic (exact) mass is 535 g/mol. The number of nitrogens with zero attached hydrogens (tertiary/aromatic N) is 2. The Hall–Kier alpha value is -1.05. The van der Waals surface area contributed by atoms with Crippen molar-refractivity contribution < 1.29 is 24.0 Å². The molecule has 2 aliphatic rings. The van der Waals surface area contributed by atoms with Crippen LogP contribution in [0.2, 0.25) is 0 Å². The van der Waals surface area contributed by atoms with Gasteiger partial charge < -0.3 is 29.9 Å². The standard InChI is InChI=1S/C11H19N4O4P3.C9H17NO2/c16-7-3-9(19-8(7)5-18-22(20)21)15-4-6-1-2-12-14-10(6)13-11(15)17;1-8(11)6-4-3-5-7-10-9(2)12/h4,7-9,12,16H,1-3,5,20-21H2,(H,13,14,17);3-7H2,1-2H3,(H,10,12)/t7?,8-,9?;/m1./s1. The second kappa shape index (κ2) is 15.1. The lowest BCUT2D eigenvalue weighted by atomic mass is 10.1. The van der Waals surface area contributed by atoms with Crippen LogP contribution in [-0.2, 0) is 25.3 Å². The van der Waals surface area contributed by atoms with E-state index in [1.807, 2.05) is 0 Å². The smallest absolute Gasteiger partial charge is 0.351 e. The molecule has 1 aromatic heterocycles. The van der Waals surface area contributed by atoms with E-state index in [1.165, 1.54) is 11.5 Å². The van der Waals surface area contributed by atoms with E-state index in [0.717, 1.165) is 44.3 Å². The van der Waals surface area contributed by atoms with Crippen LogP contribution in [0.4, 0.5) is 5.82 Å². The Labute approximate surface area is 205 Å². The number of aliphatic hydroxyl groups is 1. The van der Waals surface area contributed by atoms with Gasteiger partial charge in [-0.05, 0) is 26.2 Å². The molecule has 14 heteroatoms. The van der Waals surface area contributed by atoms with Gasteiger partial charge >= 0.3 is 5.69 Å². The highest BCUT2D eigenvalue weighted by atomic mass is 32.4. The Morgan fingerprint density at radius 1 is 1.35 bits per heavy atom.